The van der Waals surface area contributed by atoms with Crippen LogP contribution in [0.2, 0.25) is 0 Å². The number of carbonyl (C=O) groups is 2. The van der Waals surface area contributed by atoms with Gasteiger partial charge in [-0.25, -0.2) is 8.78 Å². The molecule has 0 spiro atoms. The number of rotatable bonds is 6. The smallest absolute Gasteiger partial charge is 0.242 e. The quantitative estimate of drug-likeness (QED) is 0.799. The number of halogens is 2. The molecule has 0 saturated carbocycles. The second-order valence-electron chi connectivity index (χ2n) is 7.28. The number of piperidine rings is 1. The van der Waals surface area contributed by atoms with Crippen LogP contribution in [0.4, 0.5) is 8.78 Å². The van der Waals surface area contributed by atoms with Crippen LogP contribution in [0, 0.1) is 17.6 Å². The largest absolute Gasteiger partial charge is 0.355 e. The van der Waals surface area contributed by atoms with Gasteiger partial charge in [0.25, 0.3) is 0 Å². The van der Waals surface area contributed by atoms with E-state index in [2.05, 4.69) is 5.32 Å². The van der Waals surface area contributed by atoms with Gasteiger partial charge in [0.2, 0.25) is 11.8 Å². The van der Waals surface area contributed by atoms with Crippen LogP contribution in [-0.2, 0) is 22.6 Å². The molecule has 0 aliphatic carbocycles. The van der Waals surface area contributed by atoms with Gasteiger partial charge in [-0.05, 0) is 36.5 Å². The summed E-state index contributed by atoms with van der Waals surface area (Å²) in [7, 11) is 0. The Bertz CT molecular complexity index is 925. The molecule has 2 heterocycles. The Kier molecular flexibility index (Phi) is 6.74. The van der Waals surface area contributed by atoms with E-state index in [0.717, 1.165) is 25.0 Å². The summed E-state index contributed by atoms with van der Waals surface area (Å²) in [6.07, 6.45) is 4.88. The molecule has 154 valence electrons. The summed E-state index contributed by atoms with van der Waals surface area (Å²) in [5, 5.41) is 2.82. The van der Waals surface area contributed by atoms with Crippen molar-refractivity contribution in [3.05, 3.63) is 70.1 Å². The molecule has 1 aliphatic rings. The number of pyridine rings is 1. The Morgan fingerprint density at radius 1 is 1.10 bits per heavy atom. The first kappa shape index (κ1) is 20.7. The van der Waals surface area contributed by atoms with Crippen LogP contribution in [0.3, 0.4) is 0 Å². The van der Waals surface area contributed by atoms with Crippen molar-refractivity contribution in [2.45, 2.75) is 25.8 Å². The molecule has 29 heavy (non-hydrogen) atoms. The molecule has 6 nitrogen and oxygen atoms in total. The lowest BCUT2D eigenvalue weighted by atomic mass is 9.97. The first-order chi connectivity index (χ1) is 13.9. The molecule has 0 radical (unpaired) electrons. The minimum Gasteiger partial charge on any atom is -0.355 e. The van der Waals surface area contributed by atoms with E-state index in [0.29, 0.717) is 25.2 Å². The summed E-state index contributed by atoms with van der Waals surface area (Å²) in [6, 6.07) is 6.23. The molecule has 2 aromatic rings. The summed E-state index contributed by atoms with van der Waals surface area (Å²) in [4.78, 5) is 37.5. The molecule has 1 N–H and O–H groups in total. The maximum atomic E-state index is 13.2. The number of carbonyl (C=O) groups excluding carboxylic acids is 2. The molecular formula is C21H23F2N3O3. The van der Waals surface area contributed by atoms with Gasteiger partial charge in [-0.1, -0.05) is 6.07 Å². The molecule has 1 aliphatic heterocycles. The third-order valence-corrected chi connectivity index (χ3v) is 4.99. The van der Waals surface area contributed by atoms with Crippen molar-refractivity contribution in [3.8, 4) is 0 Å². The Morgan fingerprint density at radius 2 is 1.86 bits per heavy atom. The van der Waals surface area contributed by atoms with Crippen LogP contribution >= 0.6 is 0 Å². The summed E-state index contributed by atoms with van der Waals surface area (Å²) < 4.78 is 27.9. The Morgan fingerprint density at radius 3 is 2.59 bits per heavy atom. The fraction of sp³-hybridized carbons (Fsp3) is 0.381. The van der Waals surface area contributed by atoms with E-state index in [4.69, 9.17) is 0 Å². The summed E-state index contributed by atoms with van der Waals surface area (Å²) in [5.74, 6) is -2.09. The average molecular weight is 403 g/mol. The third kappa shape index (κ3) is 5.97. The van der Waals surface area contributed by atoms with Gasteiger partial charge in [0.05, 0.1) is 6.42 Å². The monoisotopic (exact) mass is 403 g/mol. The van der Waals surface area contributed by atoms with Crippen molar-refractivity contribution in [3.63, 3.8) is 0 Å². The van der Waals surface area contributed by atoms with E-state index in [9.17, 15) is 23.2 Å². The first-order valence-electron chi connectivity index (χ1n) is 9.55. The van der Waals surface area contributed by atoms with Crippen molar-refractivity contribution in [1.82, 2.24) is 14.8 Å². The van der Waals surface area contributed by atoms with Crippen molar-refractivity contribution < 1.29 is 18.4 Å². The molecular weight excluding hydrogens is 380 g/mol. The van der Waals surface area contributed by atoms with Crippen molar-refractivity contribution in [2.75, 3.05) is 19.6 Å². The van der Waals surface area contributed by atoms with Crippen LogP contribution in [0.5, 0.6) is 0 Å². The van der Waals surface area contributed by atoms with Gasteiger partial charge in [0.15, 0.2) is 17.1 Å². The zero-order chi connectivity index (χ0) is 20.8. The van der Waals surface area contributed by atoms with E-state index >= 15 is 0 Å². The normalized spacial score (nSPS) is 16.5. The Balaban J connectivity index is 1.46. The van der Waals surface area contributed by atoms with Crippen molar-refractivity contribution in [2.24, 2.45) is 5.92 Å². The van der Waals surface area contributed by atoms with E-state index in [1.54, 1.807) is 21.9 Å². The van der Waals surface area contributed by atoms with Gasteiger partial charge in [0.1, 0.15) is 6.54 Å². The summed E-state index contributed by atoms with van der Waals surface area (Å²) >= 11 is 0. The average Bonchev–Trinajstić information content (AvgIpc) is 2.71. The molecule has 0 bridgehead atoms. The van der Waals surface area contributed by atoms with E-state index in [1.165, 1.54) is 18.2 Å². The predicted molar refractivity (Wildman–Crippen MR) is 103 cm³/mol. The highest BCUT2D eigenvalue weighted by molar-refractivity contribution is 5.78. The number of aromatic nitrogens is 1. The lowest BCUT2D eigenvalue weighted by Gasteiger charge is -2.33. The molecule has 1 aromatic carbocycles. The lowest BCUT2D eigenvalue weighted by Crippen LogP contribution is -2.45. The molecule has 1 aromatic heterocycles. The Labute approximate surface area is 167 Å². The van der Waals surface area contributed by atoms with Crippen LogP contribution in [0.25, 0.3) is 0 Å². The molecule has 1 fully saturated rings. The standard InChI is InChI=1S/C21H23F2N3O3/c22-18-4-3-15(10-19(18)23)11-20(28)24-12-16-2-1-7-26(13-16)21(29)14-25-8-5-17(27)6-9-25/h3-6,8-10,16H,1-2,7,11-14H2,(H,24,28). The summed E-state index contributed by atoms with van der Waals surface area (Å²) in [5.41, 5.74) is 0.300. The van der Waals surface area contributed by atoms with Gasteiger partial charge in [-0.3, -0.25) is 14.4 Å². The lowest BCUT2D eigenvalue weighted by molar-refractivity contribution is -0.133. The van der Waals surface area contributed by atoms with Crippen molar-refractivity contribution >= 4 is 11.8 Å². The molecule has 1 unspecified atom stereocenters. The third-order valence-electron chi connectivity index (χ3n) is 4.99. The first-order valence-corrected chi connectivity index (χ1v) is 9.55. The van der Waals surface area contributed by atoms with Crippen LogP contribution in [0.15, 0.2) is 47.5 Å². The number of hydrogen-bond donors (Lipinski definition) is 1. The van der Waals surface area contributed by atoms with Gasteiger partial charge >= 0.3 is 0 Å². The zero-order valence-electron chi connectivity index (χ0n) is 15.9. The molecule has 8 heteroatoms. The maximum absolute atomic E-state index is 13.2. The van der Waals surface area contributed by atoms with Gasteiger partial charge < -0.3 is 14.8 Å². The van der Waals surface area contributed by atoms with Crippen LogP contribution in [-0.4, -0.2) is 40.9 Å². The zero-order valence-corrected chi connectivity index (χ0v) is 15.9. The topological polar surface area (TPSA) is 71.4 Å². The molecule has 1 atom stereocenters. The highest BCUT2D eigenvalue weighted by Crippen LogP contribution is 2.16. The maximum Gasteiger partial charge on any atom is 0.242 e. The van der Waals surface area contributed by atoms with Gasteiger partial charge in [-0.15, -0.1) is 0 Å². The second-order valence-corrected chi connectivity index (χ2v) is 7.28. The minimum atomic E-state index is -0.973. The van der Waals surface area contributed by atoms with E-state index in [-0.39, 0.29) is 36.1 Å². The minimum absolute atomic E-state index is 0.0289. The van der Waals surface area contributed by atoms with Gasteiger partial charge in [-0.2, -0.15) is 0 Å². The van der Waals surface area contributed by atoms with E-state index < -0.39 is 11.6 Å². The highest BCUT2D eigenvalue weighted by Gasteiger charge is 2.24. The number of nitrogens with zero attached hydrogens (tertiary/aromatic N) is 2. The Hall–Kier alpha value is -3.03. The predicted octanol–water partition coefficient (Wildman–Crippen LogP) is 1.72. The fourth-order valence-corrected chi connectivity index (χ4v) is 3.42. The second kappa shape index (κ2) is 9.45. The number of benzene rings is 1. The molecule has 3 rings (SSSR count). The highest BCUT2D eigenvalue weighted by atomic mass is 19.2. The number of amides is 2. The SMILES string of the molecule is O=C(Cc1ccc(F)c(F)c1)NCC1CCCN(C(=O)Cn2ccc(=O)cc2)C1. The number of nitrogens with one attached hydrogen (secondary N) is 1. The molecule has 2 amide bonds. The van der Waals surface area contributed by atoms with Gasteiger partial charge in [0, 0.05) is 44.2 Å². The number of likely N-dealkylation sites (tertiary alicyclic amines) is 1. The van der Waals surface area contributed by atoms with Crippen LogP contribution < -0.4 is 10.7 Å². The summed E-state index contributed by atoms with van der Waals surface area (Å²) in [6.45, 7) is 1.79. The molecule has 1 saturated heterocycles. The fourth-order valence-electron chi connectivity index (χ4n) is 3.42. The van der Waals surface area contributed by atoms with E-state index in [1.807, 2.05) is 0 Å². The van der Waals surface area contributed by atoms with Crippen LogP contribution in [0.1, 0.15) is 18.4 Å². The van der Waals surface area contributed by atoms with Crippen molar-refractivity contribution in [1.29, 1.82) is 0 Å². The number of hydrogen-bond acceptors (Lipinski definition) is 3.